The van der Waals surface area contributed by atoms with Crippen LogP contribution in [0.1, 0.15) is 5.56 Å². The van der Waals surface area contributed by atoms with Crippen molar-refractivity contribution in [1.29, 1.82) is 0 Å². The highest BCUT2D eigenvalue weighted by Gasteiger charge is 2.37. The van der Waals surface area contributed by atoms with Crippen LogP contribution in [-0.2, 0) is 9.59 Å². The van der Waals surface area contributed by atoms with Crippen LogP contribution in [0.5, 0.6) is 0 Å². The summed E-state index contributed by atoms with van der Waals surface area (Å²) >= 11 is 1.39. The lowest BCUT2D eigenvalue weighted by Crippen LogP contribution is -2.54. The number of ketones is 2. The molecule has 1 aromatic rings. The van der Waals surface area contributed by atoms with Crippen molar-refractivity contribution in [3.8, 4) is 0 Å². The van der Waals surface area contributed by atoms with Crippen LogP contribution in [0.4, 0.5) is 5.69 Å². The summed E-state index contributed by atoms with van der Waals surface area (Å²) in [6, 6.07) is 7.50. The van der Waals surface area contributed by atoms with Gasteiger partial charge in [0.05, 0.1) is 0 Å². The van der Waals surface area contributed by atoms with Gasteiger partial charge in [0.25, 0.3) is 0 Å². The van der Waals surface area contributed by atoms with Crippen molar-refractivity contribution in [1.82, 2.24) is 10.4 Å². The smallest absolute Gasteiger partial charge is 0.240 e. The monoisotopic (exact) mass is 380 g/mol. The molecular formula is C19H16N4O3S. The van der Waals surface area contributed by atoms with Crippen LogP contribution >= 0.6 is 11.8 Å². The highest BCUT2D eigenvalue weighted by molar-refractivity contribution is 8.13. The Bertz CT molecular complexity index is 977. The number of nitrogens with one attached hydrogen (secondary N) is 2. The summed E-state index contributed by atoms with van der Waals surface area (Å²) in [5.41, 5.74) is 5.84. The number of aliphatic hydroxyl groups is 1. The Morgan fingerprint density at radius 3 is 2.85 bits per heavy atom. The maximum absolute atomic E-state index is 11.9. The van der Waals surface area contributed by atoms with Gasteiger partial charge < -0.3 is 10.4 Å². The Hall–Kier alpha value is -3.26. The lowest BCUT2D eigenvalue weighted by atomic mass is 9.98. The molecule has 136 valence electrons. The van der Waals surface area contributed by atoms with Crippen LogP contribution in [0.2, 0.25) is 0 Å². The lowest BCUT2D eigenvalue weighted by Gasteiger charge is -2.43. The van der Waals surface area contributed by atoms with Gasteiger partial charge in [0.15, 0.2) is 5.17 Å². The molecule has 2 heterocycles. The average molecular weight is 380 g/mol. The fourth-order valence-electron chi connectivity index (χ4n) is 3.04. The molecule has 0 bridgehead atoms. The Labute approximate surface area is 159 Å². The summed E-state index contributed by atoms with van der Waals surface area (Å²) in [4.78, 5) is 27.6. The summed E-state index contributed by atoms with van der Waals surface area (Å²) in [5.74, 6) is -0.632. The van der Waals surface area contributed by atoms with Crippen molar-refractivity contribution in [2.24, 2.45) is 4.99 Å². The quantitative estimate of drug-likeness (QED) is 0.421. The zero-order valence-corrected chi connectivity index (χ0v) is 15.0. The third-order valence-corrected chi connectivity index (χ3v) is 5.09. The third-order valence-electron chi connectivity index (χ3n) is 4.23. The van der Waals surface area contributed by atoms with Gasteiger partial charge in [0, 0.05) is 22.6 Å². The molecule has 4 rings (SSSR count). The number of nitrogens with zero attached hydrogens (tertiary/aromatic N) is 2. The van der Waals surface area contributed by atoms with Crippen LogP contribution in [0.25, 0.3) is 5.70 Å². The molecule has 3 aliphatic rings. The first-order valence-electron chi connectivity index (χ1n) is 8.24. The predicted octanol–water partition coefficient (Wildman–Crippen LogP) is 2.35. The van der Waals surface area contributed by atoms with Crippen LogP contribution in [0, 0.1) is 0 Å². The number of anilines is 1. The molecule has 0 amide bonds. The zero-order chi connectivity index (χ0) is 19.0. The fourth-order valence-corrected chi connectivity index (χ4v) is 3.63. The van der Waals surface area contributed by atoms with Crippen molar-refractivity contribution in [2.75, 3.05) is 11.1 Å². The van der Waals surface area contributed by atoms with Gasteiger partial charge in [-0.1, -0.05) is 42.1 Å². The van der Waals surface area contributed by atoms with E-state index in [4.69, 9.17) is 0 Å². The van der Waals surface area contributed by atoms with E-state index in [0.717, 1.165) is 11.3 Å². The number of thioether (sulfide) groups is 1. The molecule has 0 spiro atoms. The van der Waals surface area contributed by atoms with E-state index in [-0.39, 0.29) is 5.88 Å². The number of aliphatic hydroxyl groups excluding tert-OH is 1. The zero-order valence-electron chi connectivity index (χ0n) is 14.2. The minimum Gasteiger partial charge on any atom is -0.492 e. The van der Waals surface area contributed by atoms with E-state index in [9.17, 15) is 14.7 Å². The van der Waals surface area contributed by atoms with Gasteiger partial charge in [-0.15, -0.1) is 6.58 Å². The molecule has 0 aromatic heterocycles. The summed E-state index contributed by atoms with van der Waals surface area (Å²) in [5, 5.41) is 16.2. The van der Waals surface area contributed by atoms with Gasteiger partial charge in [-0.05, 0) is 18.2 Å². The van der Waals surface area contributed by atoms with Crippen LogP contribution in [-0.4, -0.2) is 38.8 Å². The molecule has 1 aromatic carbocycles. The van der Waals surface area contributed by atoms with Gasteiger partial charge in [0.2, 0.25) is 17.4 Å². The summed E-state index contributed by atoms with van der Waals surface area (Å²) in [7, 11) is 0. The molecule has 2 aliphatic heterocycles. The first-order chi connectivity index (χ1) is 13.1. The highest BCUT2D eigenvalue weighted by atomic mass is 32.2. The first-order valence-corrected chi connectivity index (χ1v) is 9.22. The Kier molecular flexibility index (Phi) is 4.33. The predicted molar refractivity (Wildman–Crippen MR) is 106 cm³/mol. The SMILES string of the molecule is C=CCSC1=NC(O)=C2c3ccccc3N[C@H](C3=CC(=O)C(=O)C=C3)N2N1. The second-order valence-electron chi connectivity index (χ2n) is 5.97. The summed E-state index contributed by atoms with van der Waals surface area (Å²) in [6.45, 7) is 3.69. The maximum atomic E-state index is 11.9. The number of hydrogen-bond acceptors (Lipinski definition) is 8. The van der Waals surface area contributed by atoms with E-state index in [1.165, 1.54) is 23.9 Å². The van der Waals surface area contributed by atoms with E-state index in [0.29, 0.717) is 22.2 Å². The van der Waals surface area contributed by atoms with Gasteiger partial charge in [-0.3, -0.25) is 20.0 Å². The molecule has 0 radical (unpaired) electrons. The number of hydrazine groups is 1. The number of carbonyl (C=O) groups excluding carboxylic acids is 2. The number of para-hydroxylation sites is 1. The van der Waals surface area contributed by atoms with Gasteiger partial charge in [-0.2, -0.15) is 4.99 Å². The Morgan fingerprint density at radius 2 is 2.07 bits per heavy atom. The van der Waals surface area contributed by atoms with Crippen molar-refractivity contribution in [2.45, 2.75) is 6.17 Å². The molecule has 1 aliphatic carbocycles. The fraction of sp³-hybridized carbons (Fsp3) is 0.105. The first kappa shape index (κ1) is 17.2. The molecule has 3 N–H and O–H groups in total. The van der Waals surface area contributed by atoms with E-state index in [1.54, 1.807) is 17.2 Å². The molecule has 7 nitrogen and oxygen atoms in total. The third kappa shape index (κ3) is 3.04. The largest absolute Gasteiger partial charge is 0.492 e. The maximum Gasteiger partial charge on any atom is 0.240 e. The standard InChI is InChI=1S/C19H16N4O3S/c1-2-9-27-19-21-18(26)16-12-5-3-4-6-13(12)20-17(23(16)22-19)11-7-8-14(24)15(25)10-11/h2-8,10,17,20,26H,1,9H2,(H,21,22)/t17-/m0/s1. The van der Waals surface area contributed by atoms with E-state index < -0.39 is 17.7 Å². The number of aliphatic imine (C=N–C) groups is 1. The molecular weight excluding hydrogens is 364 g/mol. The molecule has 1 atom stereocenters. The van der Waals surface area contributed by atoms with Crippen molar-refractivity contribution in [3.05, 3.63) is 72.2 Å². The van der Waals surface area contributed by atoms with E-state index in [1.807, 2.05) is 24.3 Å². The molecule has 27 heavy (non-hydrogen) atoms. The molecule has 0 fully saturated rings. The van der Waals surface area contributed by atoms with Crippen LogP contribution in [0.15, 0.2) is 71.6 Å². The van der Waals surface area contributed by atoms with E-state index >= 15 is 0 Å². The Balaban J connectivity index is 1.80. The summed E-state index contributed by atoms with van der Waals surface area (Å²) in [6.07, 6.45) is 5.40. The number of amidine groups is 1. The topological polar surface area (TPSA) is 94.0 Å². The van der Waals surface area contributed by atoms with E-state index in [2.05, 4.69) is 22.3 Å². The number of hydrogen-bond donors (Lipinski definition) is 3. The minimum absolute atomic E-state index is 0.123. The van der Waals surface area contributed by atoms with Crippen molar-refractivity contribution < 1.29 is 14.7 Å². The van der Waals surface area contributed by atoms with Crippen LogP contribution in [0.3, 0.4) is 0 Å². The second kappa shape index (κ2) is 6.81. The molecule has 0 saturated heterocycles. The second-order valence-corrected chi connectivity index (χ2v) is 6.98. The van der Waals surface area contributed by atoms with Crippen molar-refractivity contribution >= 4 is 39.9 Å². The minimum atomic E-state index is -0.574. The summed E-state index contributed by atoms with van der Waals surface area (Å²) < 4.78 is 0. The van der Waals surface area contributed by atoms with Crippen molar-refractivity contribution in [3.63, 3.8) is 0 Å². The normalized spacial score (nSPS) is 20.9. The Morgan fingerprint density at radius 1 is 1.26 bits per heavy atom. The van der Waals surface area contributed by atoms with Gasteiger partial charge in [-0.25, -0.2) is 0 Å². The number of benzene rings is 1. The number of allylic oxidation sites excluding steroid dienone is 2. The van der Waals surface area contributed by atoms with Gasteiger partial charge >= 0.3 is 0 Å². The number of fused-ring (bicyclic) bond motifs is 3. The molecule has 0 saturated carbocycles. The highest BCUT2D eigenvalue weighted by Crippen LogP contribution is 2.38. The number of carbonyl (C=O) groups is 2. The molecule has 8 heteroatoms. The molecule has 0 unspecified atom stereocenters. The lowest BCUT2D eigenvalue weighted by molar-refractivity contribution is -0.131. The average Bonchev–Trinajstić information content (AvgIpc) is 2.67. The van der Waals surface area contributed by atoms with Crippen LogP contribution < -0.4 is 10.7 Å². The van der Waals surface area contributed by atoms with Gasteiger partial charge in [0.1, 0.15) is 11.9 Å². The number of rotatable bonds is 3.